The molecule has 6 nitrogen and oxygen atoms in total. The molecule has 0 aliphatic heterocycles. The Morgan fingerprint density at radius 1 is 1.37 bits per heavy atom. The van der Waals surface area contributed by atoms with Gasteiger partial charge in [-0.05, 0) is 30.7 Å². The number of ether oxygens (including phenoxy) is 1. The van der Waals surface area contributed by atoms with E-state index in [4.69, 9.17) is 9.84 Å². The summed E-state index contributed by atoms with van der Waals surface area (Å²) in [7, 11) is 1.57. The Bertz CT molecular complexity index is 691. The van der Waals surface area contributed by atoms with Crippen LogP contribution in [0.2, 0.25) is 0 Å². The monoisotopic (exact) mass is 260 g/mol. The molecule has 1 N–H and O–H groups in total. The molecular formula is C13H12N2O4. The van der Waals surface area contributed by atoms with Crippen LogP contribution < -0.4 is 10.2 Å². The van der Waals surface area contributed by atoms with Crippen LogP contribution in [0.5, 0.6) is 5.75 Å². The van der Waals surface area contributed by atoms with E-state index in [2.05, 4.69) is 5.10 Å². The maximum absolute atomic E-state index is 11.3. The van der Waals surface area contributed by atoms with E-state index in [1.807, 2.05) is 6.92 Å². The number of carboxylic acids is 1. The van der Waals surface area contributed by atoms with Crippen molar-refractivity contribution in [3.8, 4) is 11.4 Å². The van der Waals surface area contributed by atoms with E-state index in [-0.39, 0.29) is 0 Å². The topological polar surface area (TPSA) is 81.4 Å². The summed E-state index contributed by atoms with van der Waals surface area (Å²) in [6.07, 6.45) is 1.43. The van der Waals surface area contributed by atoms with Gasteiger partial charge in [0, 0.05) is 12.3 Å². The lowest BCUT2D eigenvalue weighted by molar-refractivity contribution is 0.0687. The van der Waals surface area contributed by atoms with Crippen molar-refractivity contribution in [2.24, 2.45) is 0 Å². The van der Waals surface area contributed by atoms with Crippen molar-refractivity contribution in [2.45, 2.75) is 6.92 Å². The lowest BCUT2D eigenvalue weighted by Gasteiger charge is -2.09. The minimum atomic E-state index is -1.34. The molecule has 1 heterocycles. The van der Waals surface area contributed by atoms with Crippen LogP contribution in [0.1, 0.15) is 16.1 Å². The van der Waals surface area contributed by atoms with Crippen molar-refractivity contribution in [1.29, 1.82) is 0 Å². The smallest absolute Gasteiger partial charge is 0.360 e. The summed E-state index contributed by atoms with van der Waals surface area (Å²) in [5.41, 5.74) is 0.420. The zero-order chi connectivity index (χ0) is 14.0. The molecule has 0 unspecified atom stereocenters. The fraction of sp³-hybridized carbons (Fsp3) is 0.154. The summed E-state index contributed by atoms with van der Waals surface area (Å²) in [5.74, 6) is -0.618. The van der Waals surface area contributed by atoms with E-state index >= 15 is 0 Å². The zero-order valence-electron chi connectivity index (χ0n) is 10.5. The molecule has 0 aliphatic rings. The van der Waals surface area contributed by atoms with Crippen molar-refractivity contribution in [2.75, 3.05) is 7.11 Å². The van der Waals surface area contributed by atoms with Crippen LogP contribution in [0, 0.1) is 6.92 Å². The third kappa shape index (κ3) is 2.47. The van der Waals surface area contributed by atoms with Gasteiger partial charge >= 0.3 is 5.97 Å². The standard InChI is InChI=1S/C13H12N2O4/c1-8-7-9(3-4-11(8)19-2)15-6-5-10(16)12(14-15)13(17)18/h3-7H,1-2H3,(H,17,18). The van der Waals surface area contributed by atoms with Crippen LogP contribution in [0.3, 0.4) is 0 Å². The Hall–Kier alpha value is -2.63. The first kappa shape index (κ1) is 12.8. The predicted molar refractivity (Wildman–Crippen MR) is 68.1 cm³/mol. The molecule has 1 aromatic carbocycles. The molecule has 0 spiro atoms. The van der Waals surface area contributed by atoms with Gasteiger partial charge in [0.2, 0.25) is 11.1 Å². The molecule has 0 atom stereocenters. The summed E-state index contributed by atoms with van der Waals surface area (Å²) in [6, 6.07) is 6.46. The molecular weight excluding hydrogens is 248 g/mol. The Labute approximate surface area is 108 Å². The SMILES string of the molecule is COc1ccc(-n2ccc(=O)c(C(=O)O)n2)cc1C. The maximum atomic E-state index is 11.3. The highest BCUT2D eigenvalue weighted by Gasteiger charge is 2.11. The molecule has 2 aromatic rings. The lowest BCUT2D eigenvalue weighted by Crippen LogP contribution is -2.20. The first-order valence-electron chi connectivity index (χ1n) is 5.51. The van der Waals surface area contributed by atoms with Crippen molar-refractivity contribution in [3.63, 3.8) is 0 Å². The normalized spacial score (nSPS) is 10.2. The Balaban J connectivity index is 2.53. The van der Waals surface area contributed by atoms with Crippen molar-refractivity contribution in [1.82, 2.24) is 9.78 Å². The number of aryl methyl sites for hydroxylation is 1. The molecule has 2 rings (SSSR count). The van der Waals surface area contributed by atoms with E-state index in [0.717, 1.165) is 11.3 Å². The zero-order valence-corrected chi connectivity index (χ0v) is 10.5. The van der Waals surface area contributed by atoms with Gasteiger partial charge in [0.25, 0.3) is 0 Å². The summed E-state index contributed by atoms with van der Waals surface area (Å²) in [4.78, 5) is 22.2. The third-order valence-corrected chi connectivity index (χ3v) is 2.65. The Kier molecular flexibility index (Phi) is 3.33. The van der Waals surface area contributed by atoms with E-state index in [1.54, 1.807) is 25.3 Å². The number of carboxylic acid groups (broad SMARTS) is 1. The average Bonchev–Trinajstić information content (AvgIpc) is 2.38. The summed E-state index contributed by atoms with van der Waals surface area (Å²) in [5, 5.41) is 12.7. The maximum Gasteiger partial charge on any atom is 0.360 e. The summed E-state index contributed by atoms with van der Waals surface area (Å²) in [6.45, 7) is 1.86. The highest BCUT2D eigenvalue weighted by Crippen LogP contribution is 2.20. The highest BCUT2D eigenvalue weighted by molar-refractivity contribution is 5.84. The van der Waals surface area contributed by atoms with Gasteiger partial charge in [-0.3, -0.25) is 4.79 Å². The van der Waals surface area contributed by atoms with E-state index in [9.17, 15) is 9.59 Å². The molecule has 0 bridgehead atoms. The molecule has 0 saturated heterocycles. The van der Waals surface area contributed by atoms with Gasteiger partial charge in [-0.2, -0.15) is 5.10 Å². The van der Waals surface area contributed by atoms with Crippen molar-refractivity contribution in [3.05, 3.63) is 51.9 Å². The Morgan fingerprint density at radius 3 is 2.68 bits per heavy atom. The number of hydrogen-bond donors (Lipinski definition) is 1. The first-order chi connectivity index (χ1) is 9.02. The van der Waals surface area contributed by atoms with Gasteiger partial charge in [0.05, 0.1) is 12.8 Å². The van der Waals surface area contributed by atoms with Gasteiger partial charge < -0.3 is 9.84 Å². The predicted octanol–water partition coefficient (Wildman–Crippen LogP) is 1.25. The van der Waals surface area contributed by atoms with Crippen LogP contribution in [0.15, 0.2) is 35.3 Å². The molecule has 19 heavy (non-hydrogen) atoms. The van der Waals surface area contributed by atoms with Crippen molar-refractivity contribution >= 4 is 5.97 Å². The molecule has 0 aliphatic carbocycles. The van der Waals surface area contributed by atoms with Gasteiger partial charge in [0.1, 0.15) is 5.75 Å². The van der Waals surface area contributed by atoms with Gasteiger partial charge in [-0.1, -0.05) is 0 Å². The molecule has 6 heteroatoms. The fourth-order valence-corrected chi connectivity index (χ4v) is 1.70. The van der Waals surface area contributed by atoms with Gasteiger partial charge in [-0.25, -0.2) is 9.48 Å². The molecule has 0 amide bonds. The number of nitrogens with zero attached hydrogens (tertiary/aromatic N) is 2. The molecule has 0 radical (unpaired) electrons. The van der Waals surface area contributed by atoms with Crippen molar-refractivity contribution < 1.29 is 14.6 Å². The van der Waals surface area contributed by atoms with Crippen LogP contribution in [0.4, 0.5) is 0 Å². The molecule has 0 fully saturated rings. The average molecular weight is 260 g/mol. The summed E-state index contributed by atoms with van der Waals surface area (Å²) >= 11 is 0. The van der Waals surface area contributed by atoms with Gasteiger partial charge in [0.15, 0.2) is 0 Å². The number of aromatic nitrogens is 2. The second-order valence-corrected chi connectivity index (χ2v) is 3.93. The quantitative estimate of drug-likeness (QED) is 0.898. The van der Waals surface area contributed by atoms with Crippen LogP contribution >= 0.6 is 0 Å². The number of benzene rings is 1. The number of methoxy groups -OCH3 is 1. The second-order valence-electron chi connectivity index (χ2n) is 3.93. The van der Waals surface area contributed by atoms with E-state index in [1.165, 1.54) is 16.9 Å². The van der Waals surface area contributed by atoms with Crippen LogP contribution in [0.25, 0.3) is 5.69 Å². The minimum absolute atomic E-state index is 0.504. The molecule has 98 valence electrons. The largest absolute Gasteiger partial charge is 0.496 e. The lowest BCUT2D eigenvalue weighted by atomic mass is 10.2. The van der Waals surface area contributed by atoms with E-state index < -0.39 is 17.1 Å². The molecule has 1 aromatic heterocycles. The highest BCUT2D eigenvalue weighted by atomic mass is 16.5. The number of rotatable bonds is 3. The van der Waals surface area contributed by atoms with Crippen LogP contribution in [-0.4, -0.2) is 28.0 Å². The fourth-order valence-electron chi connectivity index (χ4n) is 1.70. The number of carbonyl (C=O) groups is 1. The van der Waals surface area contributed by atoms with Gasteiger partial charge in [-0.15, -0.1) is 0 Å². The first-order valence-corrected chi connectivity index (χ1v) is 5.51. The van der Waals surface area contributed by atoms with E-state index in [0.29, 0.717) is 5.69 Å². The summed E-state index contributed by atoms with van der Waals surface area (Å²) < 4.78 is 6.49. The minimum Gasteiger partial charge on any atom is -0.496 e. The second kappa shape index (κ2) is 4.93. The Morgan fingerprint density at radius 2 is 2.11 bits per heavy atom. The number of hydrogen-bond acceptors (Lipinski definition) is 4. The number of aromatic carboxylic acids is 1. The molecule has 0 saturated carbocycles. The van der Waals surface area contributed by atoms with Crippen LogP contribution in [-0.2, 0) is 0 Å². The third-order valence-electron chi connectivity index (χ3n) is 2.65.